The van der Waals surface area contributed by atoms with E-state index in [1.807, 2.05) is 6.07 Å². The smallest absolute Gasteiger partial charge is 0.127 e. The van der Waals surface area contributed by atoms with Gasteiger partial charge in [-0.05, 0) is 24.7 Å². The normalized spacial score (nSPS) is 20.7. The predicted octanol–water partition coefficient (Wildman–Crippen LogP) is 2.40. The lowest BCUT2D eigenvalue weighted by Crippen LogP contribution is -2.49. The summed E-state index contributed by atoms with van der Waals surface area (Å²) in [6, 6.07) is 5.41. The molecule has 106 valence electrons. The number of halogens is 2. The van der Waals surface area contributed by atoms with Gasteiger partial charge >= 0.3 is 0 Å². The van der Waals surface area contributed by atoms with Gasteiger partial charge in [0.15, 0.2) is 0 Å². The van der Waals surface area contributed by atoms with Crippen molar-refractivity contribution in [3.8, 4) is 0 Å². The van der Waals surface area contributed by atoms with Crippen LogP contribution in [-0.2, 0) is 11.3 Å². The van der Waals surface area contributed by atoms with Crippen LogP contribution in [0, 0.1) is 5.82 Å². The first kappa shape index (κ1) is 14.9. The second-order valence-corrected chi connectivity index (χ2v) is 5.66. The molecule has 5 heteroatoms. The Morgan fingerprint density at radius 1 is 1.53 bits per heavy atom. The van der Waals surface area contributed by atoms with Crippen LogP contribution in [0.15, 0.2) is 22.7 Å². The second-order valence-electron chi connectivity index (χ2n) is 4.74. The van der Waals surface area contributed by atoms with Crippen molar-refractivity contribution in [3.05, 3.63) is 34.1 Å². The number of ether oxygens (including phenoxy) is 1. The Labute approximate surface area is 122 Å². The van der Waals surface area contributed by atoms with Crippen molar-refractivity contribution in [2.45, 2.75) is 19.5 Å². The van der Waals surface area contributed by atoms with Crippen LogP contribution in [-0.4, -0.2) is 43.8 Å². The first-order valence-corrected chi connectivity index (χ1v) is 7.46. The summed E-state index contributed by atoms with van der Waals surface area (Å²) in [7, 11) is 0. The van der Waals surface area contributed by atoms with Crippen molar-refractivity contribution in [1.29, 1.82) is 0 Å². The Bertz CT molecular complexity index is 416. The lowest BCUT2D eigenvalue weighted by Gasteiger charge is -2.35. The van der Waals surface area contributed by atoms with E-state index < -0.39 is 0 Å². The van der Waals surface area contributed by atoms with Gasteiger partial charge in [0.1, 0.15) is 5.82 Å². The number of morpholine rings is 1. The summed E-state index contributed by atoms with van der Waals surface area (Å²) in [6.07, 6.45) is 0. The Hall–Kier alpha value is -0.490. The summed E-state index contributed by atoms with van der Waals surface area (Å²) in [6.45, 7) is 6.82. The molecule has 1 aliphatic heterocycles. The summed E-state index contributed by atoms with van der Waals surface area (Å²) in [5, 5.41) is 3.34. The van der Waals surface area contributed by atoms with Crippen LogP contribution in [0.4, 0.5) is 4.39 Å². The molecule has 1 N–H and O–H groups in total. The lowest BCUT2D eigenvalue weighted by atomic mass is 10.1. The number of hydrogen-bond donors (Lipinski definition) is 1. The fourth-order valence-electron chi connectivity index (χ4n) is 2.28. The molecule has 0 aromatic heterocycles. The van der Waals surface area contributed by atoms with Crippen molar-refractivity contribution in [1.82, 2.24) is 10.2 Å². The van der Waals surface area contributed by atoms with Gasteiger partial charge in [-0.15, -0.1) is 0 Å². The fourth-order valence-corrected chi connectivity index (χ4v) is 2.69. The number of likely N-dealkylation sites (N-methyl/N-ethyl adjacent to an activating group) is 1. The Morgan fingerprint density at radius 2 is 2.37 bits per heavy atom. The zero-order chi connectivity index (χ0) is 13.7. The second kappa shape index (κ2) is 7.33. The first-order valence-electron chi connectivity index (χ1n) is 6.67. The zero-order valence-electron chi connectivity index (χ0n) is 11.2. The van der Waals surface area contributed by atoms with E-state index in [4.69, 9.17) is 4.74 Å². The van der Waals surface area contributed by atoms with E-state index in [0.29, 0.717) is 19.2 Å². The molecule has 3 nitrogen and oxygen atoms in total. The van der Waals surface area contributed by atoms with Gasteiger partial charge in [0.2, 0.25) is 0 Å². The molecule has 0 saturated carbocycles. The van der Waals surface area contributed by atoms with Crippen LogP contribution in [0.5, 0.6) is 0 Å². The first-order chi connectivity index (χ1) is 9.20. The van der Waals surface area contributed by atoms with Gasteiger partial charge in [0, 0.05) is 35.7 Å². The molecule has 1 heterocycles. The average Bonchev–Trinajstić information content (AvgIpc) is 2.42. The molecule has 2 rings (SSSR count). The minimum atomic E-state index is -0.142. The average molecular weight is 331 g/mol. The summed E-state index contributed by atoms with van der Waals surface area (Å²) in [4.78, 5) is 2.29. The number of hydrogen-bond acceptors (Lipinski definition) is 3. The van der Waals surface area contributed by atoms with E-state index in [0.717, 1.165) is 36.3 Å². The van der Waals surface area contributed by atoms with Crippen LogP contribution in [0.25, 0.3) is 0 Å². The van der Waals surface area contributed by atoms with Gasteiger partial charge in [0.05, 0.1) is 13.2 Å². The molecule has 0 amide bonds. The maximum atomic E-state index is 13.8. The molecule has 1 atom stereocenters. The number of rotatable bonds is 5. The highest BCUT2D eigenvalue weighted by atomic mass is 79.9. The topological polar surface area (TPSA) is 24.5 Å². The van der Waals surface area contributed by atoms with Gasteiger partial charge in [-0.25, -0.2) is 4.39 Å². The summed E-state index contributed by atoms with van der Waals surface area (Å²) >= 11 is 3.40. The van der Waals surface area contributed by atoms with Crippen LogP contribution < -0.4 is 5.32 Å². The molecule has 1 aromatic rings. The van der Waals surface area contributed by atoms with Crippen molar-refractivity contribution in [2.75, 3.05) is 32.8 Å². The molecule has 1 unspecified atom stereocenters. The van der Waals surface area contributed by atoms with E-state index in [9.17, 15) is 4.39 Å². The number of benzene rings is 1. The van der Waals surface area contributed by atoms with Crippen molar-refractivity contribution in [2.24, 2.45) is 0 Å². The zero-order valence-corrected chi connectivity index (χ0v) is 12.7. The van der Waals surface area contributed by atoms with Crippen LogP contribution in [0.2, 0.25) is 0 Å². The van der Waals surface area contributed by atoms with Gasteiger partial charge in [-0.1, -0.05) is 22.9 Å². The maximum Gasteiger partial charge on any atom is 0.127 e. The predicted molar refractivity (Wildman–Crippen MR) is 77.7 cm³/mol. The Balaban J connectivity index is 2.04. The molecular formula is C14H20BrFN2O. The number of nitrogens with one attached hydrogen (secondary N) is 1. The minimum Gasteiger partial charge on any atom is -0.378 e. The third kappa shape index (κ3) is 4.24. The van der Waals surface area contributed by atoms with Gasteiger partial charge in [-0.2, -0.15) is 0 Å². The van der Waals surface area contributed by atoms with Gasteiger partial charge in [0.25, 0.3) is 0 Å². The largest absolute Gasteiger partial charge is 0.378 e. The van der Waals surface area contributed by atoms with E-state index in [1.165, 1.54) is 6.07 Å². The highest BCUT2D eigenvalue weighted by Gasteiger charge is 2.23. The molecule has 0 spiro atoms. The Morgan fingerprint density at radius 3 is 3.16 bits per heavy atom. The van der Waals surface area contributed by atoms with E-state index in [-0.39, 0.29) is 5.82 Å². The third-order valence-electron chi connectivity index (χ3n) is 3.36. The molecule has 0 radical (unpaired) electrons. The van der Waals surface area contributed by atoms with Crippen molar-refractivity contribution in [3.63, 3.8) is 0 Å². The van der Waals surface area contributed by atoms with Gasteiger partial charge in [-0.3, -0.25) is 4.90 Å². The van der Waals surface area contributed by atoms with Crippen LogP contribution in [0.1, 0.15) is 12.5 Å². The molecule has 1 saturated heterocycles. The summed E-state index contributed by atoms with van der Waals surface area (Å²) < 4.78 is 20.2. The molecule has 19 heavy (non-hydrogen) atoms. The molecule has 0 aliphatic carbocycles. The number of nitrogens with zero attached hydrogens (tertiary/aromatic N) is 1. The lowest BCUT2D eigenvalue weighted by molar-refractivity contribution is -0.0111. The van der Waals surface area contributed by atoms with Crippen LogP contribution in [0.3, 0.4) is 0 Å². The Kier molecular flexibility index (Phi) is 5.76. The minimum absolute atomic E-state index is 0.142. The molecular weight excluding hydrogens is 311 g/mol. The highest BCUT2D eigenvalue weighted by Crippen LogP contribution is 2.19. The molecule has 1 aliphatic rings. The molecule has 1 aromatic carbocycles. The van der Waals surface area contributed by atoms with Crippen LogP contribution >= 0.6 is 15.9 Å². The molecule has 1 fully saturated rings. The van der Waals surface area contributed by atoms with E-state index >= 15 is 0 Å². The molecule has 0 bridgehead atoms. The standard InChI is InChI=1S/C14H20BrFN2O/c1-2-17-8-13-10-19-6-5-18(13)9-11-7-12(15)3-4-14(11)16/h3-4,7,13,17H,2,5-6,8-10H2,1H3. The fraction of sp³-hybridized carbons (Fsp3) is 0.571. The van der Waals surface area contributed by atoms with E-state index in [2.05, 4.69) is 33.1 Å². The summed E-state index contributed by atoms with van der Waals surface area (Å²) in [5.41, 5.74) is 0.734. The quantitative estimate of drug-likeness (QED) is 0.897. The van der Waals surface area contributed by atoms with Crippen molar-refractivity contribution >= 4 is 15.9 Å². The van der Waals surface area contributed by atoms with Gasteiger partial charge < -0.3 is 10.1 Å². The summed E-state index contributed by atoms with van der Waals surface area (Å²) in [5.74, 6) is -0.142. The monoisotopic (exact) mass is 330 g/mol. The van der Waals surface area contributed by atoms with Crippen molar-refractivity contribution < 1.29 is 9.13 Å². The highest BCUT2D eigenvalue weighted by molar-refractivity contribution is 9.10. The maximum absolute atomic E-state index is 13.8. The third-order valence-corrected chi connectivity index (χ3v) is 3.85. The SMILES string of the molecule is CCNCC1COCCN1Cc1cc(Br)ccc1F. The van der Waals surface area contributed by atoms with E-state index in [1.54, 1.807) is 6.07 Å².